The highest BCUT2D eigenvalue weighted by molar-refractivity contribution is 5.95. The molecule has 118 valence electrons. The number of ether oxygens (including phenoxy) is 2. The zero-order chi connectivity index (χ0) is 16.0. The van der Waals surface area contributed by atoms with E-state index in [1.807, 2.05) is 13.8 Å². The van der Waals surface area contributed by atoms with Gasteiger partial charge in [0.25, 0.3) is 0 Å². The summed E-state index contributed by atoms with van der Waals surface area (Å²) in [4.78, 5) is 11.9. The lowest BCUT2D eigenvalue weighted by molar-refractivity contribution is -0.118. The van der Waals surface area contributed by atoms with Crippen molar-refractivity contribution in [2.45, 2.75) is 32.9 Å². The van der Waals surface area contributed by atoms with Crippen molar-refractivity contribution in [2.24, 2.45) is 11.7 Å². The Hall–Kier alpha value is -1.89. The molecule has 0 bridgehead atoms. The van der Waals surface area contributed by atoms with E-state index in [1.165, 1.54) is 25.3 Å². The maximum absolute atomic E-state index is 12.3. The van der Waals surface area contributed by atoms with Gasteiger partial charge < -0.3 is 20.5 Å². The summed E-state index contributed by atoms with van der Waals surface area (Å²) in [6.45, 7) is 0.816. The third-order valence-electron chi connectivity index (χ3n) is 3.21. The molecule has 1 rings (SSSR count). The predicted octanol–water partition coefficient (Wildman–Crippen LogP) is 2.61. The summed E-state index contributed by atoms with van der Waals surface area (Å²) in [6, 6.07) is 3.56. The zero-order valence-electron chi connectivity index (χ0n) is 12.2. The Morgan fingerprint density at radius 2 is 2.05 bits per heavy atom. The predicted molar refractivity (Wildman–Crippen MR) is 75.7 cm³/mol. The van der Waals surface area contributed by atoms with Crippen molar-refractivity contribution in [1.29, 1.82) is 0 Å². The first-order chi connectivity index (χ1) is 9.88. The number of carbonyl (C=O) groups is 1. The zero-order valence-corrected chi connectivity index (χ0v) is 12.2. The van der Waals surface area contributed by atoms with Gasteiger partial charge in [0.15, 0.2) is 11.5 Å². The van der Waals surface area contributed by atoms with Crippen molar-refractivity contribution in [2.75, 3.05) is 12.4 Å². The quantitative estimate of drug-likeness (QED) is 0.812. The van der Waals surface area contributed by atoms with Crippen LogP contribution in [0.25, 0.3) is 0 Å². The van der Waals surface area contributed by atoms with Crippen molar-refractivity contribution >= 4 is 11.6 Å². The van der Waals surface area contributed by atoms with E-state index in [-0.39, 0.29) is 23.3 Å². The second-order valence-corrected chi connectivity index (χ2v) is 4.64. The fraction of sp³-hybridized carbons (Fsp3) is 0.500. The summed E-state index contributed by atoms with van der Waals surface area (Å²) < 4.78 is 33.9. The molecule has 5 nitrogen and oxygen atoms in total. The summed E-state index contributed by atoms with van der Waals surface area (Å²) in [5.41, 5.74) is 6.12. The van der Waals surface area contributed by atoms with Crippen molar-refractivity contribution in [3.63, 3.8) is 0 Å². The minimum absolute atomic E-state index is 0.0139. The van der Waals surface area contributed by atoms with Gasteiger partial charge in [-0.3, -0.25) is 4.79 Å². The molecule has 0 aliphatic heterocycles. The molecule has 0 radical (unpaired) electrons. The van der Waals surface area contributed by atoms with Gasteiger partial charge in [-0.2, -0.15) is 8.78 Å². The van der Waals surface area contributed by atoms with Crippen LogP contribution < -0.4 is 20.5 Å². The third kappa shape index (κ3) is 4.86. The number of carbonyl (C=O) groups excluding carboxylic acids is 1. The molecule has 7 heteroatoms. The number of nitrogens with one attached hydrogen (secondary N) is 1. The van der Waals surface area contributed by atoms with Crippen LogP contribution >= 0.6 is 0 Å². The SMILES string of the molecule is CCC(C)C(N)C(=O)Nc1ccc(OC)c(OC(F)F)c1. The van der Waals surface area contributed by atoms with E-state index >= 15 is 0 Å². The van der Waals surface area contributed by atoms with Crippen LogP contribution in [0.1, 0.15) is 20.3 Å². The maximum Gasteiger partial charge on any atom is 0.387 e. The number of alkyl halides is 2. The molecule has 0 aliphatic carbocycles. The lowest BCUT2D eigenvalue weighted by Gasteiger charge is -2.18. The summed E-state index contributed by atoms with van der Waals surface area (Å²) >= 11 is 0. The summed E-state index contributed by atoms with van der Waals surface area (Å²) in [5.74, 6) is -0.362. The van der Waals surface area contributed by atoms with E-state index in [0.29, 0.717) is 5.69 Å². The first kappa shape index (κ1) is 17.2. The van der Waals surface area contributed by atoms with Crippen molar-refractivity contribution in [1.82, 2.24) is 0 Å². The van der Waals surface area contributed by atoms with Crippen LogP contribution in [-0.2, 0) is 4.79 Å². The van der Waals surface area contributed by atoms with E-state index in [4.69, 9.17) is 10.5 Å². The first-order valence-corrected chi connectivity index (χ1v) is 6.58. The first-order valence-electron chi connectivity index (χ1n) is 6.58. The van der Waals surface area contributed by atoms with E-state index in [9.17, 15) is 13.6 Å². The van der Waals surface area contributed by atoms with Crippen LogP contribution in [0.15, 0.2) is 18.2 Å². The molecule has 0 fully saturated rings. The second-order valence-electron chi connectivity index (χ2n) is 4.64. The van der Waals surface area contributed by atoms with Gasteiger partial charge in [-0.05, 0) is 18.1 Å². The molecule has 2 unspecified atom stereocenters. The molecule has 2 atom stereocenters. The smallest absolute Gasteiger partial charge is 0.387 e. The highest BCUT2D eigenvalue weighted by atomic mass is 19.3. The average Bonchev–Trinajstić information content (AvgIpc) is 2.45. The molecular weight excluding hydrogens is 282 g/mol. The number of hydrogen-bond acceptors (Lipinski definition) is 4. The molecule has 1 aromatic rings. The summed E-state index contributed by atoms with van der Waals surface area (Å²) in [7, 11) is 1.34. The second kappa shape index (κ2) is 7.78. The van der Waals surface area contributed by atoms with E-state index < -0.39 is 12.7 Å². The molecule has 0 aliphatic rings. The number of hydrogen-bond donors (Lipinski definition) is 2. The molecule has 0 aromatic heterocycles. The minimum atomic E-state index is -2.98. The van der Waals surface area contributed by atoms with E-state index in [0.717, 1.165) is 6.42 Å². The van der Waals surface area contributed by atoms with Crippen LogP contribution in [0.2, 0.25) is 0 Å². The molecule has 0 heterocycles. The molecule has 3 N–H and O–H groups in total. The van der Waals surface area contributed by atoms with Crippen LogP contribution in [0.5, 0.6) is 11.5 Å². The van der Waals surface area contributed by atoms with Gasteiger partial charge in [-0.1, -0.05) is 20.3 Å². The maximum atomic E-state index is 12.3. The van der Waals surface area contributed by atoms with Crippen LogP contribution in [0.4, 0.5) is 14.5 Å². The van der Waals surface area contributed by atoms with Crippen LogP contribution in [-0.4, -0.2) is 25.7 Å². The Morgan fingerprint density at radius 1 is 1.38 bits per heavy atom. The Labute approximate surface area is 122 Å². The van der Waals surface area contributed by atoms with Crippen LogP contribution in [0, 0.1) is 5.92 Å². The Bertz CT molecular complexity index is 483. The highest BCUT2D eigenvalue weighted by Gasteiger charge is 2.20. The molecular formula is C14H20F2N2O3. The van der Waals surface area contributed by atoms with Gasteiger partial charge in [-0.15, -0.1) is 0 Å². The summed E-state index contributed by atoms with van der Waals surface area (Å²) in [5, 5.41) is 2.58. The Balaban J connectivity index is 2.86. The lowest BCUT2D eigenvalue weighted by Crippen LogP contribution is -2.40. The third-order valence-corrected chi connectivity index (χ3v) is 3.21. The molecule has 1 aromatic carbocycles. The number of amides is 1. The van der Waals surface area contributed by atoms with Gasteiger partial charge in [0.05, 0.1) is 13.2 Å². The molecule has 0 spiro atoms. The standard InChI is InChI=1S/C14H20F2N2O3/c1-4-8(2)12(17)13(19)18-9-5-6-10(20-3)11(7-9)21-14(15)16/h5-8,12,14H,4,17H2,1-3H3,(H,18,19). The molecule has 1 amide bonds. The number of benzene rings is 1. The number of rotatable bonds is 7. The van der Waals surface area contributed by atoms with Gasteiger partial charge in [0.2, 0.25) is 5.91 Å². The molecule has 0 saturated carbocycles. The van der Waals surface area contributed by atoms with Gasteiger partial charge in [0.1, 0.15) is 0 Å². The molecule has 21 heavy (non-hydrogen) atoms. The number of methoxy groups -OCH3 is 1. The van der Waals surface area contributed by atoms with Crippen molar-refractivity contribution < 1.29 is 23.0 Å². The summed E-state index contributed by atoms with van der Waals surface area (Å²) in [6.07, 6.45) is 0.761. The number of anilines is 1. The van der Waals surface area contributed by atoms with Crippen molar-refractivity contribution in [3.05, 3.63) is 18.2 Å². The van der Waals surface area contributed by atoms with Crippen molar-refractivity contribution in [3.8, 4) is 11.5 Å². The average molecular weight is 302 g/mol. The Morgan fingerprint density at radius 3 is 2.57 bits per heavy atom. The van der Waals surface area contributed by atoms with E-state index in [1.54, 1.807) is 0 Å². The van der Waals surface area contributed by atoms with Gasteiger partial charge in [0, 0.05) is 11.8 Å². The van der Waals surface area contributed by atoms with E-state index in [2.05, 4.69) is 10.1 Å². The van der Waals surface area contributed by atoms with Crippen LogP contribution in [0.3, 0.4) is 0 Å². The monoisotopic (exact) mass is 302 g/mol. The van der Waals surface area contributed by atoms with Gasteiger partial charge >= 0.3 is 6.61 Å². The van der Waals surface area contributed by atoms with Gasteiger partial charge in [-0.25, -0.2) is 0 Å². The largest absolute Gasteiger partial charge is 0.493 e. The minimum Gasteiger partial charge on any atom is -0.493 e. The normalized spacial score (nSPS) is 13.7. The topological polar surface area (TPSA) is 73.6 Å². The fourth-order valence-electron chi connectivity index (χ4n) is 1.68. The Kier molecular flexibility index (Phi) is 6.36. The lowest BCUT2D eigenvalue weighted by atomic mass is 9.99. The number of nitrogens with two attached hydrogens (primary N) is 1. The number of halogens is 2. The molecule has 0 saturated heterocycles. The highest BCUT2D eigenvalue weighted by Crippen LogP contribution is 2.31. The fourth-order valence-corrected chi connectivity index (χ4v) is 1.68.